The largest absolute Gasteiger partial charge is 0.335 e. The molecule has 1 heterocycles. The fraction of sp³-hybridized carbons (Fsp3) is 0.529. The van der Waals surface area contributed by atoms with Gasteiger partial charge >= 0.3 is 6.03 Å². The molecule has 1 aromatic carbocycles. The lowest BCUT2D eigenvalue weighted by molar-refractivity contribution is -0.121. The summed E-state index contributed by atoms with van der Waals surface area (Å²) in [6.45, 7) is 1.33. The van der Waals surface area contributed by atoms with Crippen LogP contribution in [0.3, 0.4) is 0 Å². The molecule has 1 aromatic rings. The molecule has 8 nitrogen and oxygen atoms in total. The van der Waals surface area contributed by atoms with Crippen molar-refractivity contribution in [1.82, 2.24) is 20.3 Å². The van der Waals surface area contributed by atoms with Crippen molar-refractivity contribution in [2.24, 2.45) is 0 Å². The van der Waals surface area contributed by atoms with Gasteiger partial charge in [-0.2, -0.15) is 0 Å². The van der Waals surface area contributed by atoms with Crippen LogP contribution in [0.1, 0.15) is 25.7 Å². The number of amides is 3. The van der Waals surface area contributed by atoms with Crippen molar-refractivity contribution in [3.8, 4) is 0 Å². The first-order valence-electron chi connectivity index (χ1n) is 8.82. The highest BCUT2D eigenvalue weighted by molar-refractivity contribution is 7.89. The first-order chi connectivity index (χ1) is 12.4. The lowest BCUT2D eigenvalue weighted by atomic mass is 10.1. The minimum Gasteiger partial charge on any atom is -0.335 e. The maximum atomic E-state index is 12.3. The number of urea groups is 1. The zero-order valence-electron chi connectivity index (χ0n) is 14.5. The van der Waals surface area contributed by atoms with Crippen molar-refractivity contribution in [3.05, 3.63) is 30.3 Å². The summed E-state index contributed by atoms with van der Waals surface area (Å²) in [5, 5.41) is 5.03. The summed E-state index contributed by atoms with van der Waals surface area (Å²) in [4.78, 5) is 25.6. The van der Waals surface area contributed by atoms with Crippen LogP contribution in [0.25, 0.3) is 0 Å². The molecule has 3 rings (SSSR count). The molecule has 0 radical (unpaired) electrons. The molecule has 1 saturated carbocycles. The van der Waals surface area contributed by atoms with E-state index in [1.165, 1.54) is 0 Å². The summed E-state index contributed by atoms with van der Waals surface area (Å²) in [6.07, 6.45) is 3.17. The highest BCUT2D eigenvalue weighted by Crippen LogP contribution is 2.18. The molecule has 142 valence electrons. The van der Waals surface area contributed by atoms with E-state index >= 15 is 0 Å². The van der Waals surface area contributed by atoms with Gasteiger partial charge in [0.25, 0.3) is 0 Å². The quantitative estimate of drug-likeness (QED) is 0.663. The molecule has 26 heavy (non-hydrogen) atoms. The third kappa shape index (κ3) is 5.52. The Labute approximate surface area is 153 Å². The number of carbonyl (C=O) groups excluding carboxylic acids is 2. The van der Waals surface area contributed by atoms with Crippen LogP contribution in [0.2, 0.25) is 0 Å². The molecule has 0 spiro atoms. The van der Waals surface area contributed by atoms with Gasteiger partial charge in [-0.3, -0.25) is 15.0 Å². The number of likely N-dealkylation sites (tertiary alicyclic amines) is 1. The van der Waals surface area contributed by atoms with E-state index in [0.717, 1.165) is 12.8 Å². The SMILES string of the molecule is O=C(CN1CCC(NS(=O)(=O)c2ccccc2)CC1)NC(=O)NC1CC1. The van der Waals surface area contributed by atoms with E-state index in [9.17, 15) is 18.0 Å². The second-order valence-electron chi connectivity index (χ2n) is 6.78. The number of hydrogen-bond acceptors (Lipinski definition) is 5. The smallest absolute Gasteiger partial charge is 0.321 e. The van der Waals surface area contributed by atoms with Crippen LogP contribution in [0.4, 0.5) is 4.79 Å². The van der Waals surface area contributed by atoms with Crippen LogP contribution in [0.5, 0.6) is 0 Å². The fourth-order valence-corrected chi connectivity index (χ4v) is 4.24. The van der Waals surface area contributed by atoms with Crippen molar-refractivity contribution in [2.75, 3.05) is 19.6 Å². The van der Waals surface area contributed by atoms with Gasteiger partial charge in [0.15, 0.2) is 0 Å². The van der Waals surface area contributed by atoms with Crippen LogP contribution in [0, 0.1) is 0 Å². The fourth-order valence-electron chi connectivity index (χ4n) is 2.91. The van der Waals surface area contributed by atoms with Crippen LogP contribution in [-0.2, 0) is 14.8 Å². The number of sulfonamides is 1. The van der Waals surface area contributed by atoms with Crippen molar-refractivity contribution < 1.29 is 18.0 Å². The molecule has 3 N–H and O–H groups in total. The van der Waals surface area contributed by atoms with E-state index in [1.807, 2.05) is 4.90 Å². The Balaban J connectivity index is 1.41. The van der Waals surface area contributed by atoms with Crippen LogP contribution in [0.15, 0.2) is 35.2 Å². The molecule has 1 saturated heterocycles. The predicted molar refractivity (Wildman–Crippen MR) is 95.9 cm³/mol. The van der Waals surface area contributed by atoms with Crippen LogP contribution < -0.4 is 15.4 Å². The Bertz CT molecular complexity index is 741. The molecule has 1 aliphatic heterocycles. The van der Waals surface area contributed by atoms with Gasteiger partial charge in [0, 0.05) is 25.2 Å². The molecular weight excluding hydrogens is 356 g/mol. The normalized spacial score (nSPS) is 19.1. The van der Waals surface area contributed by atoms with Gasteiger partial charge in [-0.1, -0.05) is 18.2 Å². The number of nitrogens with zero attached hydrogens (tertiary/aromatic N) is 1. The average Bonchev–Trinajstić information content (AvgIpc) is 3.41. The van der Waals surface area contributed by atoms with E-state index in [-0.39, 0.29) is 29.4 Å². The number of carbonyl (C=O) groups is 2. The molecule has 9 heteroatoms. The lowest BCUT2D eigenvalue weighted by Gasteiger charge is -2.31. The van der Waals surface area contributed by atoms with Crippen molar-refractivity contribution in [3.63, 3.8) is 0 Å². The first kappa shape index (κ1) is 18.8. The Kier molecular flexibility index (Phi) is 5.90. The number of nitrogens with one attached hydrogen (secondary N) is 3. The molecule has 1 aliphatic carbocycles. The van der Waals surface area contributed by atoms with Crippen molar-refractivity contribution in [1.29, 1.82) is 0 Å². The Hall–Kier alpha value is -1.97. The monoisotopic (exact) mass is 380 g/mol. The third-order valence-electron chi connectivity index (χ3n) is 4.50. The van der Waals surface area contributed by atoms with Gasteiger partial charge in [0.1, 0.15) is 0 Å². The van der Waals surface area contributed by atoms with Crippen LogP contribution >= 0.6 is 0 Å². The van der Waals surface area contributed by atoms with E-state index in [0.29, 0.717) is 25.9 Å². The molecule has 2 fully saturated rings. The lowest BCUT2D eigenvalue weighted by Crippen LogP contribution is -2.49. The number of rotatable bonds is 6. The summed E-state index contributed by atoms with van der Waals surface area (Å²) in [6, 6.07) is 7.89. The first-order valence-corrected chi connectivity index (χ1v) is 10.3. The summed E-state index contributed by atoms with van der Waals surface area (Å²) in [5.74, 6) is -0.341. The summed E-state index contributed by atoms with van der Waals surface area (Å²) in [5.41, 5.74) is 0. The van der Waals surface area contributed by atoms with Gasteiger partial charge < -0.3 is 5.32 Å². The Morgan fingerprint density at radius 2 is 1.65 bits per heavy atom. The second kappa shape index (κ2) is 8.15. The standard InChI is InChI=1S/C17H24N4O4S/c22-16(19-17(23)18-13-6-7-13)12-21-10-8-14(9-11-21)20-26(24,25)15-4-2-1-3-5-15/h1-5,13-14,20H,6-12H2,(H2,18,19,22,23). The summed E-state index contributed by atoms with van der Waals surface area (Å²) >= 11 is 0. The maximum absolute atomic E-state index is 12.3. The van der Waals surface area contributed by atoms with Gasteiger partial charge in [-0.05, 0) is 37.8 Å². The third-order valence-corrected chi connectivity index (χ3v) is 6.03. The molecule has 0 aromatic heterocycles. The number of piperidine rings is 1. The predicted octanol–water partition coefficient (Wildman–Crippen LogP) is 0.418. The Morgan fingerprint density at radius 1 is 1.00 bits per heavy atom. The summed E-state index contributed by atoms with van der Waals surface area (Å²) in [7, 11) is -3.52. The minimum absolute atomic E-state index is 0.135. The number of imide groups is 1. The van der Waals surface area contributed by atoms with Gasteiger partial charge in [-0.15, -0.1) is 0 Å². The van der Waals surface area contributed by atoms with Crippen molar-refractivity contribution >= 4 is 22.0 Å². The molecule has 0 bridgehead atoms. The van der Waals surface area contributed by atoms with Crippen LogP contribution in [-0.4, -0.2) is 57.0 Å². The second-order valence-corrected chi connectivity index (χ2v) is 8.49. The van der Waals surface area contributed by atoms with E-state index < -0.39 is 16.1 Å². The zero-order chi connectivity index (χ0) is 18.6. The average molecular weight is 380 g/mol. The molecular formula is C17H24N4O4S. The number of benzene rings is 1. The minimum atomic E-state index is -3.52. The maximum Gasteiger partial charge on any atom is 0.321 e. The highest BCUT2D eigenvalue weighted by Gasteiger charge is 2.27. The van der Waals surface area contributed by atoms with E-state index in [4.69, 9.17) is 0 Å². The zero-order valence-corrected chi connectivity index (χ0v) is 15.3. The summed E-state index contributed by atoms with van der Waals surface area (Å²) < 4.78 is 27.4. The highest BCUT2D eigenvalue weighted by atomic mass is 32.2. The molecule has 0 atom stereocenters. The van der Waals surface area contributed by atoms with E-state index in [1.54, 1.807) is 30.3 Å². The Morgan fingerprint density at radius 3 is 2.27 bits per heavy atom. The van der Waals surface area contributed by atoms with Gasteiger partial charge in [-0.25, -0.2) is 17.9 Å². The number of hydrogen-bond donors (Lipinski definition) is 3. The molecule has 3 amide bonds. The molecule has 0 unspecified atom stereocenters. The van der Waals surface area contributed by atoms with Gasteiger partial charge in [0.05, 0.1) is 11.4 Å². The molecule has 2 aliphatic rings. The van der Waals surface area contributed by atoms with Crippen molar-refractivity contribution in [2.45, 2.75) is 42.7 Å². The van der Waals surface area contributed by atoms with E-state index in [2.05, 4.69) is 15.4 Å². The topological polar surface area (TPSA) is 108 Å². The van der Waals surface area contributed by atoms with Gasteiger partial charge in [0.2, 0.25) is 15.9 Å².